The van der Waals surface area contributed by atoms with Crippen molar-refractivity contribution in [2.75, 3.05) is 0 Å². The van der Waals surface area contributed by atoms with Gasteiger partial charge in [0.2, 0.25) is 0 Å². The van der Waals surface area contributed by atoms with Crippen LogP contribution in [0, 0.1) is 46.9 Å². The Morgan fingerprint density at radius 2 is 0.333 bits per heavy atom. The van der Waals surface area contributed by atoms with Crippen LogP contribution in [-0.4, -0.2) is 89.6 Å². The Morgan fingerprint density at radius 1 is 0.333 bits per heavy atom. The SMILES string of the molecule is OB(O)O.OB(O)O.OB(O)O.OB(O)O.[Y].[Yb]. The molecule has 0 heterocycles. The first-order chi connectivity index (χ1) is 6.93. The quantitative estimate of drug-likeness (QED) is 0.136. The Labute approximate surface area is 167 Å². The van der Waals surface area contributed by atoms with Gasteiger partial charge in [-0.05, 0) is 0 Å². The van der Waals surface area contributed by atoms with Crippen LogP contribution in [-0.2, 0) is 32.7 Å². The van der Waals surface area contributed by atoms with Crippen LogP contribution in [0.2, 0.25) is 0 Å². The molecule has 0 aromatic heterocycles. The molecule has 0 amide bonds. The van der Waals surface area contributed by atoms with Crippen molar-refractivity contribution in [3.8, 4) is 0 Å². The van der Waals surface area contributed by atoms with Crippen LogP contribution in [0.5, 0.6) is 0 Å². The molecule has 12 nitrogen and oxygen atoms in total. The van der Waals surface area contributed by atoms with Crippen molar-refractivity contribution in [2.24, 2.45) is 0 Å². The summed E-state index contributed by atoms with van der Waals surface area (Å²) in [7, 11) is -8.67. The van der Waals surface area contributed by atoms with E-state index in [0.29, 0.717) is 0 Å². The molecule has 0 saturated carbocycles. The van der Waals surface area contributed by atoms with Crippen molar-refractivity contribution in [1.82, 2.24) is 0 Å². The predicted octanol–water partition coefficient (Wildman–Crippen LogP) is -8.21. The van der Waals surface area contributed by atoms with Gasteiger partial charge in [0.25, 0.3) is 0 Å². The zero-order chi connectivity index (χ0) is 14.3. The molecule has 0 aliphatic rings. The average Bonchev–Trinajstić information content (AvgIpc) is 1.76. The van der Waals surface area contributed by atoms with Crippen molar-refractivity contribution in [1.29, 1.82) is 0 Å². The van der Waals surface area contributed by atoms with Crippen molar-refractivity contribution in [2.45, 2.75) is 0 Å². The largest absolute Gasteiger partial charge is 0.631 e. The molecular formula is H12B4O12YYb. The fourth-order valence-electron chi connectivity index (χ4n) is 0. The minimum Gasteiger partial charge on any atom is -0.402 e. The van der Waals surface area contributed by atoms with Crippen LogP contribution in [0.25, 0.3) is 0 Å². The zero-order valence-electron chi connectivity index (χ0n) is 8.52. The standard InChI is InChI=1S/4BH3O3.Y.Yb/c4*2-1(3)4;;/h4*2-4H;;. The molecule has 0 unspecified atom stereocenters. The molecule has 0 aliphatic heterocycles. The van der Waals surface area contributed by atoms with Crippen LogP contribution in [0.1, 0.15) is 0 Å². The van der Waals surface area contributed by atoms with Crippen LogP contribution in [0.4, 0.5) is 0 Å². The van der Waals surface area contributed by atoms with Gasteiger partial charge in [-0.25, -0.2) is 0 Å². The molecule has 0 spiro atoms. The van der Waals surface area contributed by atoms with Gasteiger partial charge < -0.3 is 60.3 Å². The molecule has 12 N–H and O–H groups in total. The monoisotopic (exact) mass is 511 g/mol. The molecule has 113 valence electrons. The molecule has 0 saturated heterocycles. The van der Waals surface area contributed by atoms with Crippen molar-refractivity contribution >= 4 is 29.3 Å². The summed E-state index contributed by atoms with van der Waals surface area (Å²) in [6.45, 7) is 0. The predicted molar refractivity (Wildman–Crippen MR) is 49.6 cm³/mol. The van der Waals surface area contributed by atoms with Crippen LogP contribution in [0.3, 0.4) is 0 Å². The van der Waals surface area contributed by atoms with E-state index in [4.69, 9.17) is 60.3 Å². The van der Waals surface area contributed by atoms with Gasteiger partial charge in [0.1, 0.15) is 0 Å². The van der Waals surface area contributed by atoms with Gasteiger partial charge in [-0.15, -0.1) is 0 Å². The first kappa shape index (κ1) is 37.0. The van der Waals surface area contributed by atoms with E-state index in [-0.39, 0.29) is 79.6 Å². The fraction of sp³-hybridized carbons (Fsp3) is 0. The molecule has 0 aliphatic carbocycles. The van der Waals surface area contributed by atoms with Crippen LogP contribution in [0.15, 0.2) is 0 Å². The number of hydrogen-bond donors (Lipinski definition) is 12. The molecule has 0 aromatic carbocycles. The molecule has 0 rings (SSSR count). The topological polar surface area (TPSA) is 243 Å². The molecule has 0 atom stereocenters. The Balaban J connectivity index is -0.0000000257. The Morgan fingerprint density at radius 3 is 0.333 bits per heavy atom. The van der Waals surface area contributed by atoms with Gasteiger partial charge >= 0.3 is 29.3 Å². The van der Waals surface area contributed by atoms with E-state index in [1.807, 2.05) is 0 Å². The van der Waals surface area contributed by atoms with Gasteiger partial charge in [0.05, 0.1) is 0 Å². The molecule has 18 heteroatoms. The summed E-state index contributed by atoms with van der Waals surface area (Å²) >= 11 is 0. The minimum absolute atomic E-state index is 0. The summed E-state index contributed by atoms with van der Waals surface area (Å²) in [6.07, 6.45) is 0. The maximum absolute atomic E-state index is 7.17. The average molecular weight is 509 g/mol. The van der Waals surface area contributed by atoms with E-state index in [9.17, 15) is 0 Å². The number of rotatable bonds is 0. The van der Waals surface area contributed by atoms with Gasteiger partial charge in [-0.1, -0.05) is 0 Å². The molecule has 18 heavy (non-hydrogen) atoms. The Hall–Kier alpha value is 2.40. The third-order valence-electron chi connectivity index (χ3n) is 0. The van der Waals surface area contributed by atoms with Crippen molar-refractivity contribution in [3.63, 3.8) is 0 Å². The molecule has 0 aromatic rings. The third kappa shape index (κ3) is 965. The molecular weight excluding hydrogens is 497 g/mol. The Bertz CT molecular complexity index is 67.1. The first-order valence-electron chi connectivity index (χ1n) is 3.10. The molecule has 0 fully saturated rings. The fourth-order valence-corrected chi connectivity index (χ4v) is 0. The molecule has 1 radical (unpaired) electrons. The van der Waals surface area contributed by atoms with E-state index in [0.717, 1.165) is 0 Å². The zero-order valence-corrected chi connectivity index (χ0v) is 13.1. The summed E-state index contributed by atoms with van der Waals surface area (Å²) in [5.74, 6) is 0. The van der Waals surface area contributed by atoms with Gasteiger partial charge in [0.15, 0.2) is 0 Å². The van der Waals surface area contributed by atoms with Gasteiger partial charge in [0, 0.05) is 79.6 Å². The van der Waals surface area contributed by atoms with Gasteiger partial charge in [-0.3, -0.25) is 0 Å². The van der Waals surface area contributed by atoms with E-state index in [1.54, 1.807) is 0 Å². The van der Waals surface area contributed by atoms with Crippen LogP contribution < -0.4 is 0 Å². The van der Waals surface area contributed by atoms with Crippen LogP contribution >= 0.6 is 0 Å². The second-order valence-electron chi connectivity index (χ2n) is 1.39. The summed E-state index contributed by atoms with van der Waals surface area (Å²) in [4.78, 5) is 0. The maximum atomic E-state index is 7.17. The number of hydrogen-bond acceptors (Lipinski definition) is 12. The minimum atomic E-state index is -2.17. The second kappa shape index (κ2) is 31.7. The molecule has 0 bridgehead atoms. The van der Waals surface area contributed by atoms with E-state index >= 15 is 0 Å². The normalized spacial score (nSPS) is 6.00. The summed E-state index contributed by atoms with van der Waals surface area (Å²) in [6, 6.07) is 0. The van der Waals surface area contributed by atoms with Crippen molar-refractivity contribution < 1.29 is 140 Å². The first-order valence-corrected chi connectivity index (χ1v) is 3.10. The Kier molecular flexibility index (Phi) is 65.2. The smallest absolute Gasteiger partial charge is 0.402 e. The summed E-state index contributed by atoms with van der Waals surface area (Å²) in [5, 5.41) is 86.0. The second-order valence-corrected chi connectivity index (χ2v) is 1.39. The van der Waals surface area contributed by atoms with Crippen molar-refractivity contribution in [3.05, 3.63) is 0 Å². The van der Waals surface area contributed by atoms with E-state index in [2.05, 4.69) is 0 Å². The summed E-state index contributed by atoms with van der Waals surface area (Å²) < 4.78 is 0. The van der Waals surface area contributed by atoms with E-state index in [1.165, 1.54) is 0 Å². The van der Waals surface area contributed by atoms with Gasteiger partial charge in [-0.2, -0.15) is 0 Å². The van der Waals surface area contributed by atoms with E-state index < -0.39 is 29.3 Å². The maximum Gasteiger partial charge on any atom is 0.631 e. The third-order valence-corrected chi connectivity index (χ3v) is 0. The summed E-state index contributed by atoms with van der Waals surface area (Å²) in [5.41, 5.74) is 0.